The number of rotatable bonds is 9. The second-order valence-electron chi connectivity index (χ2n) is 8.02. The van der Waals surface area contributed by atoms with E-state index in [-0.39, 0.29) is 18.3 Å². The molecule has 34 heavy (non-hydrogen) atoms. The van der Waals surface area contributed by atoms with Gasteiger partial charge in [-0.2, -0.15) is 0 Å². The molecule has 1 fully saturated rings. The third kappa shape index (κ3) is 6.65. The Bertz CT molecular complexity index is 1040. The Morgan fingerprint density at radius 1 is 0.853 bits per heavy atom. The Morgan fingerprint density at radius 2 is 1.50 bits per heavy atom. The highest BCUT2D eigenvalue weighted by Crippen LogP contribution is 2.28. The molecule has 3 aromatic rings. The number of anilines is 1. The lowest BCUT2D eigenvalue weighted by molar-refractivity contribution is 0.0949. The van der Waals surface area contributed by atoms with Crippen LogP contribution in [0.25, 0.3) is 0 Å². The molecular weight excluding hydrogens is 450 g/mol. The Labute approximate surface area is 207 Å². The molecule has 1 amide bonds. The molecule has 1 heterocycles. The van der Waals surface area contributed by atoms with Gasteiger partial charge in [-0.15, -0.1) is 12.4 Å². The Hall–Kier alpha value is -3.22. The number of hydrogen-bond acceptors (Lipinski definition) is 5. The van der Waals surface area contributed by atoms with E-state index >= 15 is 0 Å². The molecular formula is C27H32ClN3O3. The minimum Gasteiger partial charge on any atom is -0.495 e. The molecule has 0 aliphatic carbocycles. The normalized spacial score (nSPS) is 13.6. The second kappa shape index (κ2) is 12.9. The van der Waals surface area contributed by atoms with Gasteiger partial charge in [-0.25, -0.2) is 0 Å². The molecule has 180 valence electrons. The van der Waals surface area contributed by atoms with Gasteiger partial charge in [-0.05, 0) is 49.4 Å². The third-order valence-electron chi connectivity index (χ3n) is 5.84. The molecule has 6 nitrogen and oxygen atoms in total. The van der Waals surface area contributed by atoms with Crippen LogP contribution in [0.5, 0.6) is 17.2 Å². The van der Waals surface area contributed by atoms with Gasteiger partial charge in [0.1, 0.15) is 17.2 Å². The largest absolute Gasteiger partial charge is 0.495 e. The van der Waals surface area contributed by atoms with Crippen molar-refractivity contribution in [1.82, 2.24) is 10.2 Å². The molecule has 1 aliphatic rings. The minimum atomic E-state index is -0.109. The Morgan fingerprint density at radius 3 is 2.24 bits per heavy atom. The number of nitrogens with one attached hydrogen (secondary N) is 1. The maximum Gasteiger partial charge on any atom is 0.255 e. The maximum atomic E-state index is 12.7. The summed E-state index contributed by atoms with van der Waals surface area (Å²) in [5, 5.41) is 3.04. The summed E-state index contributed by atoms with van der Waals surface area (Å²) in [7, 11) is 1.72. The molecule has 3 aromatic carbocycles. The van der Waals surface area contributed by atoms with Crippen molar-refractivity contribution in [3.63, 3.8) is 0 Å². The molecule has 0 unspecified atom stereocenters. The number of methoxy groups -OCH3 is 1. The molecule has 0 radical (unpaired) electrons. The van der Waals surface area contributed by atoms with Crippen molar-refractivity contribution in [2.75, 3.05) is 51.3 Å². The molecule has 0 atom stereocenters. The highest BCUT2D eigenvalue weighted by molar-refractivity contribution is 5.97. The number of halogens is 1. The van der Waals surface area contributed by atoms with Crippen molar-refractivity contribution in [3.8, 4) is 17.2 Å². The van der Waals surface area contributed by atoms with Crippen LogP contribution >= 0.6 is 12.4 Å². The monoisotopic (exact) mass is 481 g/mol. The summed E-state index contributed by atoms with van der Waals surface area (Å²) in [6.45, 7) is 5.53. The van der Waals surface area contributed by atoms with E-state index in [9.17, 15) is 4.79 Å². The van der Waals surface area contributed by atoms with E-state index in [0.717, 1.165) is 50.6 Å². The molecule has 1 saturated heterocycles. The van der Waals surface area contributed by atoms with Crippen LogP contribution in [0, 0.1) is 0 Å². The smallest absolute Gasteiger partial charge is 0.255 e. The summed E-state index contributed by atoms with van der Waals surface area (Å²) in [6, 6.07) is 25.0. The summed E-state index contributed by atoms with van der Waals surface area (Å²) in [6.07, 6.45) is 0.905. The van der Waals surface area contributed by atoms with Crippen LogP contribution in [-0.4, -0.2) is 57.2 Å². The van der Waals surface area contributed by atoms with E-state index in [4.69, 9.17) is 9.47 Å². The molecule has 0 aromatic heterocycles. The first-order valence-electron chi connectivity index (χ1n) is 11.4. The van der Waals surface area contributed by atoms with E-state index in [0.29, 0.717) is 23.6 Å². The lowest BCUT2D eigenvalue weighted by Crippen LogP contribution is -2.47. The van der Waals surface area contributed by atoms with Gasteiger partial charge >= 0.3 is 0 Å². The van der Waals surface area contributed by atoms with Gasteiger partial charge in [0.15, 0.2) is 0 Å². The number of benzene rings is 3. The standard InChI is InChI=1S/C27H31N3O3.ClH/c1-32-26-15-8-6-13-24(26)30-20-18-29(19-21-30)17-9-16-28-27(31)23-12-5-7-14-25(23)33-22-10-3-2-4-11-22;/h2-8,10-15H,9,16-21H2,1H3,(H,28,31);1H. The van der Waals surface area contributed by atoms with Crippen molar-refractivity contribution >= 4 is 24.0 Å². The van der Waals surface area contributed by atoms with Gasteiger partial charge in [0.2, 0.25) is 0 Å². The molecule has 1 N–H and O–H groups in total. The Balaban J connectivity index is 0.00000324. The highest BCUT2D eigenvalue weighted by Gasteiger charge is 2.19. The molecule has 0 bridgehead atoms. The van der Waals surface area contributed by atoms with Crippen molar-refractivity contribution in [2.24, 2.45) is 0 Å². The zero-order chi connectivity index (χ0) is 22.9. The van der Waals surface area contributed by atoms with E-state index in [1.807, 2.05) is 60.7 Å². The summed E-state index contributed by atoms with van der Waals surface area (Å²) < 4.78 is 11.4. The summed E-state index contributed by atoms with van der Waals surface area (Å²) >= 11 is 0. The van der Waals surface area contributed by atoms with E-state index in [1.54, 1.807) is 13.2 Å². The topological polar surface area (TPSA) is 54.0 Å². The number of ether oxygens (including phenoxy) is 2. The number of nitrogens with zero attached hydrogens (tertiary/aromatic N) is 2. The van der Waals surface area contributed by atoms with Gasteiger partial charge in [-0.3, -0.25) is 9.69 Å². The average Bonchev–Trinajstić information content (AvgIpc) is 2.88. The molecule has 7 heteroatoms. The second-order valence-corrected chi connectivity index (χ2v) is 8.02. The lowest BCUT2D eigenvalue weighted by atomic mass is 10.2. The summed E-state index contributed by atoms with van der Waals surface area (Å²) in [4.78, 5) is 17.6. The van der Waals surface area contributed by atoms with Gasteiger partial charge in [-0.1, -0.05) is 42.5 Å². The van der Waals surface area contributed by atoms with Gasteiger partial charge in [0, 0.05) is 32.7 Å². The maximum absolute atomic E-state index is 12.7. The summed E-state index contributed by atoms with van der Waals surface area (Å²) in [5.41, 5.74) is 1.70. The minimum absolute atomic E-state index is 0. The van der Waals surface area contributed by atoms with Crippen LogP contribution in [0.1, 0.15) is 16.8 Å². The van der Waals surface area contributed by atoms with Crippen LogP contribution in [0.15, 0.2) is 78.9 Å². The first kappa shape index (κ1) is 25.4. The quantitative estimate of drug-likeness (QED) is 0.443. The molecule has 4 rings (SSSR count). The zero-order valence-corrected chi connectivity index (χ0v) is 20.3. The summed E-state index contributed by atoms with van der Waals surface area (Å²) in [5.74, 6) is 2.09. The average molecular weight is 482 g/mol. The van der Waals surface area contributed by atoms with Crippen molar-refractivity contribution in [2.45, 2.75) is 6.42 Å². The number of piperazine rings is 1. The number of hydrogen-bond donors (Lipinski definition) is 1. The fraction of sp³-hybridized carbons (Fsp3) is 0.296. The van der Waals surface area contributed by atoms with E-state index < -0.39 is 0 Å². The number of para-hydroxylation sites is 4. The predicted octanol–water partition coefficient (Wildman–Crippen LogP) is 4.85. The van der Waals surface area contributed by atoms with E-state index in [2.05, 4.69) is 27.2 Å². The first-order valence-corrected chi connectivity index (χ1v) is 11.4. The number of carbonyl (C=O) groups excluding carboxylic acids is 1. The Kier molecular flexibility index (Phi) is 9.62. The van der Waals surface area contributed by atoms with Crippen LogP contribution in [0.4, 0.5) is 5.69 Å². The molecule has 1 aliphatic heterocycles. The SMILES string of the molecule is COc1ccccc1N1CCN(CCCNC(=O)c2ccccc2Oc2ccccc2)CC1.Cl. The number of amides is 1. The van der Waals surface area contributed by atoms with Crippen molar-refractivity contribution < 1.29 is 14.3 Å². The van der Waals surface area contributed by atoms with Crippen molar-refractivity contribution in [3.05, 3.63) is 84.4 Å². The van der Waals surface area contributed by atoms with Crippen LogP contribution in [0.3, 0.4) is 0 Å². The fourth-order valence-electron chi connectivity index (χ4n) is 4.06. The lowest BCUT2D eigenvalue weighted by Gasteiger charge is -2.36. The third-order valence-corrected chi connectivity index (χ3v) is 5.84. The molecule has 0 saturated carbocycles. The van der Waals surface area contributed by atoms with Crippen molar-refractivity contribution in [1.29, 1.82) is 0 Å². The van der Waals surface area contributed by atoms with Gasteiger partial charge in [0.05, 0.1) is 18.4 Å². The van der Waals surface area contributed by atoms with Gasteiger partial charge < -0.3 is 19.7 Å². The first-order chi connectivity index (χ1) is 16.2. The zero-order valence-electron chi connectivity index (χ0n) is 19.5. The fourth-order valence-corrected chi connectivity index (χ4v) is 4.06. The van der Waals surface area contributed by atoms with Crippen LogP contribution < -0.4 is 19.7 Å². The van der Waals surface area contributed by atoms with Gasteiger partial charge in [0.25, 0.3) is 5.91 Å². The van der Waals surface area contributed by atoms with Crippen LogP contribution in [0.2, 0.25) is 0 Å². The predicted molar refractivity (Wildman–Crippen MR) is 139 cm³/mol. The number of carbonyl (C=O) groups is 1. The van der Waals surface area contributed by atoms with Crippen LogP contribution in [-0.2, 0) is 0 Å². The van der Waals surface area contributed by atoms with E-state index in [1.165, 1.54) is 0 Å². The highest BCUT2D eigenvalue weighted by atomic mass is 35.5. The molecule has 0 spiro atoms.